The van der Waals surface area contributed by atoms with Crippen molar-refractivity contribution in [2.75, 3.05) is 36.6 Å². The summed E-state index contributed by atoms with van der Waals surface area (Å²) >= 11 is 4.12. The van der Waals surface area contributed by atoms with E-state index in [-0.39, 0.29) is 28.8 Å². The van der Waals surface area contributed by atoms with Gasteiger partial charge in [-0.2, -0.15) is 0 Å². The zero-order valence-electron chi connectivity index (χ0n) is 20.0. The highest BCUT2D eigenvalue weighted by molar-refractivity contribution is 8.00. The molecule has 0 radical (unpaired) electrons. The van der Waals surface area contributed by atoms with Crippen molar-refractivity contribution in [2.24, 2.45) is 12.2 Å². The molecule has 0 unspecified atom stereocenters. The van der Waals surface area contributed by atoms with Crippen molar-refractivity contribution in [3.8, 4) is 0 Å². The van der Waals surface area contributed by atoms with Gasteiger partial charge in [-0.05, 0) is 13.8 Å². The fraction of sp³-hybridized carbons (Fsp3) is 0.429. The van der Waals surface area contributed by atoms with Crippen LogP contribution >= 0.6 is 34.4 Å². The van der Waals surface area contributed by atoms with E-state index in [9.17, 15) is 19.5 Å². The topological polar surface area (TPSA) is 154 Å². The van der Waals surface area contributed by atoms with Crippen molar-refractivity contribution in [1.82, 2.24) is 15.2 Å². The molecule has 0 saturated carbocycles. The molecule has 12 nitrogen and oxygen atoms in total. The van der Waals surface area contributed by atoms with E-state index in [1.807, 2.05) is 35.9 Å². The van der Waals surface area contributed by atoms with E-state index in [0.29, 0.717) is 17.9 Å². The van der Waals surface area contributed by atoms with Gasteiger partial charge in [-0.15, -0.1) is 23.1 Å². The Morgan fingerprint density at radius 1 is 1.42 bits per heavy atom. The van der Waals surface area contributed by atoms with E-state index in [4.69, 9.17) is 10.6 Å². The number of carbonyl (C=O) groups excluding carboxylic acids is 2. The molecule has 4 N–H and O–H groups in total. The molecule has 0 spiro atoms. The number of nitrogens with two attached hydrogens (primary N) is 1. The number of carbonyl (C=O) groups is 3. The molecule has 4 rings (SSSR count). The van der Waals surface area contributed by atoms with Crippen LogP contribution in [0.15, 0.2) is 27.2 Å². The highest BCUT2D eigenvalue weighted by atomic mass is 32.2. The number of carboxylic acid groups (broad SMARTS) is 1. The van der Waals surface area contributed by atoms with Gasteiger partial charge < -0.3 is 21.0 Å². The first kappa shape index (κ1) is 25.9. The van der Waals surface area contributed by atoms with Gasteiger partial charge in [-0.3, -0.25) is 19.4 Å². The fourth-order valence-corrected chi connectivity index (χ4v) is 6.76. The lowest BCUT2D eigenvalue weighted by molar-refractivity contribution is -0.660. The van der Waals surface area contributed by atoms with Gasteiger partial charge in [0.05, 0.1) is 14.1 Å². The Bertz CT molecular complexity index is 1270. The fourth-order valence-electron chi connectivity index (χ4n) is 3.89. The minimum absolute atomic E-state index is 0.0347. The average Bonchev–Trinajstić information content (AvgIpc) is 3.42. The highest BCUT2D eigenvalue weighted by Gasteiger charge is 2.54. The molecular formula is C21H26N7O5S3+. The number of anilines is 2. The van der Waals surface area contributed by atoms with Crippen LogP contribution in [0.25, 0.3) is 0 Å². The number of carboxylic acids is 1. The number of aryl methyl sites for hydroxylation is 1. The first-order valence-electron chi connectivity index (χ1n) is 10.9. The summed E-state index contributed by atoms with van der Waals surface area (Å²) in [7, 11) is 3.84. The predicted octanol–water partition coefficient (Wildman–Crippen LogP) is 0.535. The number of aliphatic carboxylic acids is 1. The minimum Gasteiger partial charge on any atom is -0.477 e. The number of fused-ring (bicyclic) bond motifs is 1. The zero-order valence-corrected chi connectivity index (χ0v) is 22.5. The number of nitrogens with zero attached hydrogens (tertiary/aromatic N) is 5. The Morgan fingerprint density at radius 2 is 2.17 bits per heavy atom. The van der Waals surface area contributed by atoms with Crippen molar-refractivity contribution in [2.45, 2.75) is 25.3 Å². The van der Waals surface area contributed by atoms with E-state index in [0.717, 1.165) is 22.2 Å². The Hall–Kier alpha value is -3.17. The number of thioether (sulfide) groups is 1. The summed E-state index contributed by atoms with van der Waals surface area (Å²) < 4.78 is 2.03. The number of aromatic nitrogens is 2. The number of amides is 2. The normalized spacial score (nSPS) is 19.6. The molecule has 1 saturated heterocycles. The van der Waals surface area contributed by atoms with Crippen LogP contribution < -0.4 is 20.5 Å². The molecule has 1 fully saturated rings. The monoisotopic (exact) mass is 552 g/mol. The molecule has 2 aromatic rings. The molecule has 15 heteroatoms. The number of hydrogen-bond donors (Lipinski definition) is 3. The minimum atomic E-state index is -1.18. The van der Waals surface area contributed by atoms with E-state index >= 15 is 0 Å². The highest BCUT2D eigenvalue weighted by Crippen LogP contribution is 2.40. The number of nitrogens with one attached hydrogen (secondary N) is 1. The third kappa shape index (κ3) is 4.77. The molecule has 0 aliphatic carbocycles. The Kier molecular flexibility index (Phi) is 7.51. The number of thiazole rings is 2. The molecule has 2 aliphatic rings. The second-order valence-electron chi connectivity index (χ2n) is 8.12. The second kappa shape index (κ2) is 10.4. The number of likely N-dealkylation sites (N-methyl/N-ethyl adjacent to an activating group) is 1. The van der Waals surface area contributed by atoms with Gasteiger partial charge >= 0.3 is 11.1 Å². The summed E-state index contributed by atoms with van der Waals surface area (Å²) in [6.45, 7) is 4.30. The first-order chi connectivity index (χ1) is 17.1. The van der Waals surface area contributed by atoms with Gasteiger partial charge in [0.15, 0.2) is 10.8 Å². The van der Waals surface area contributed by atoms with Crippen molar-refractivity contribution >= 4 is 68.2 Å². The van der Waals surface area contributed by atoms with Crippen LogP contribution in [0, 0.1) is 6.92 Å². The smallest absolute Gasteiger partial charge is 0.352 e. The molecule has 2 atom stereocenters. The zero-order chi connectivity index (χ0) is 26.1. The summed E-state index contributed by atoms with van der Waals surface area (Å²) in [5, 5.41) is 20.8. The number of hydrogen-bond acceptors (Lipinski definition) is 11. The number of oxime groups is 1. The molecule has 2 aliphatic heterocycles. The van der Waals surface area contributed by atoms with Crippen LogP contribution in [0.2, 0.25) is 0 Å². The van der Waals surface area contributed by atoms with E-state index in [1.54, 1.807) is 23.6 Å². The maximum atomic E-state index is 13.1. The van der Waals surface area contributed by atoms with Crippen molar-refractivity contribution in [1.29, 1.82) is 0 Å². The maximum Gasteiger partial charge on any atom is 0.352 e. The Balaban J connectivity index is 1.52. The van der Waals surface area contributed by atoms with Gasteiger partial charge in [0.25, 0.3) is 11.8 Å². The second-order valence-corrected chi connectivity index (χ2v) is 11.0. The van der Waals surface area contributed by atoms with E-state index < -0.39 is 29.2 Å². The summed E-state index contributed by atoms with van der Waals surface area (Å²) in [6.07, 6.45) is 0. The summed E-state index contributed by atoms with van der Waals surface area (Å²) in [5.41, 5.74) is 7.50. The van der Waals surface area contributed by atoms with E-state index in [1.165, 1.54) is 16.7 Å². The van der Waals surface area contributed by atoms with Crippen LogP contribution in [-0.4, -0.2) is 75.9 Å². The van der Waals surface area contributed by atoms with Crippen LogP contribution in [0.5, 0.6) is 0 Å². The van der Waals surface area contributed by atoms with Crippen molar-refractivity contribution < 1.29 is 28.9 Å². The largest absolute Gasteiger partial charge is 0.477 e. The summed E-state index contributed by atoms with van der Waals surface area (Å²) in [5.74, 6) is -1.92. The molecule has 2 amide bonds. The predicted molar refractivity (Wildman–Crippen MR) is 138 cm³/mol. The van der Waals surface area contributed by atoms with Crippen molar-refractivity contribution in [3.05, 3.63) is 33.4 Å². The lowest BCUT2D eigenvalue weighted by Crippen LogP contribution is -2.71. The van der Waals surface area contributed by atoms with Gasteiger partial charge in [0, 0.05) is 22.1 Å². The van der Waals surface area contributed by atoms with Crippen LogP contribution in [0.3, 0.4) is 0 Å². The molecule has 4 heterocycles. The number of nitrogen functional groups attached to an aromatic ring is 1. The van der Waals surface area contributed by atoms with Gasteiger partial charge in [0.2, 0.25) is 0 Å². The summed E-state index contributed by atoms with van der Waals surface area (Å²) in [4.78, 5) is 50.6. The van der Waals surface area contributed by atoms with Gasteiger partial charge in [-0.1, -0.05) is 16.5 Å². The third-order valence-electron chi connectivity index (χ3n) is 5.71. The molecule has 0 aromatic carbocycles. The Labute approximate surface area is 219 Å². The molecule has 0 bridgehead atoms. The Morgan fingerprint density at radius 3 is 2.75 bits per heavy atom. The number of rotatable bonds is 9. The van der Waals surface area contributed by atoms with Crippen molar-refractivity contribution in [3.63, 3.8) is 0 Å². The first-order valence-corrected chi connectivity index (χ1v) is 13.7. The third-order valence-corrected chi connectivity index (χ3v) is 8.98. The maximum absolute atomic E-state index is 13.1. The standard InChI is InChI=1S/C21H25N7O5S3/c1-5-33-25-13(12-9-35-20(22)23-12)16(29)24-14-17(30)28-15(19(31)32)11(8-34-18(14)28)6-26(3)21-27(4)10(2)7-36-21/h7,9,14,18H,5-6,8H2,1-4H3,(H3-,22,23,24,29,31,32)/p+1/b25-13+/t14-,18-/m1/s1. The van der Waals surface area contributed by atoms with Crippen LogP contribution in [0.1, 0.15) is 18.3 Å². The van der Waals surface area contributed by atoms with Gasteiger partial charge in [0.1, 0.15) is 41.7 Å². The molecule has 36 heavy (non-hydrogen) atoms. The van der Waals surface area contributed by atoms with Gasteiger partial charge in [-0.25, -0.2) is 14.3 Å². The SMILES string of the molecule is CCO/N=C(/C(=O)N[C@@H]1C(=O)N2C(C(=O)O)=C(CN(C)c3scc(C)[n+]3C)CS[C@H]12)c1csc(N)n1. The quantitative estimate of drug-likeness (QED) is 0.175. The average molecular weight is 553 g/mol. The lowest BCUT2D eigenvalue weighted by Gasteiger charge is -2.49. The van der Waals surface area contributed by atoms with Crippen LogP contribution in [-0.2, 0) is 26.3 Å². The summed E-state index contributed by atoms with van der Waals surface area (Å²) in [6, 6.07) is -0.906. The number of β-lactam (4-membered cyclic amide) rings is 1. The lowest BCUT2D eigenvalue weighted by atomic mass is 10.0. The molecule has 192 valence electrons. The molecular weight excluding hydrogens is 526 g/mol. The van der Waals surface area contributed by atoms with E-state index in [2.05, 4.69) is 15.5 Å². The molecule has 2 aromatic heterocycles. The van der Waals surface area contributed by atoms with Crippen LogP contribution in [0.4, 0.5) is 10.3 Å².